The van der Waals surface area contributed by atoms with E-state index in [9.17, 15) is 18.4 Å². The molecule has 1 saturated heterocycles. The summed E-state index contributed by atoms with van der Waals surface area (Å²) >= 11 is 0. The first kappa shape index (κ1) is 23.6. The minimum absolute atomic E-state index is 0.0261. The van der Waals surface area contributed by atoms with E-state index in [0.717, 1.165) is 12.8 Å². The number of rotatable bonds is 7. The average Bonchev–Trinajstić information content (AvgIpc) is 3.60. The lowest BCUT2D eigenvalue weighted by Gasteiger charge is -2.38. The summed E-state index contributed by atoms with van der Waals surface area (Å²) in [5.41, 5.74) is 7.43. The molecule has 12 heteroatoms. The van der Waals surface area contributed by atoms with Gasteiger partial charge in [-0.3, -0.25) is 14.3 Å². The van der Waals surface area contributed by atoms with Gasteiger partial charge in [-0.25, -0.2) is 18.7 Å². The molecule has 1 aromatic carbocycles. The fourth-order valence-electron chi connectivity index (χ4n) is 4.38. The van der Waals surface area contributed by atoms with E-state index in [1.165, 1.54) is 22.9 Å². The van der Waals surface area contributed by atoms with Crippen molar-refractivity contribution in [2.45, 2.75) is 37.1 Å². The van der Waals surface area contributed by atoms with Gasteiger partial charge in [0, 0.05) is 31.8 Å². The average molecular weight is 497 g/mol. The third-order valence-electron chi connectivity index (χ3n) is 6.25. The van der Waals surface area contributed by atoms with Crippen LogP contribution in [-0.4, -0.2) is 56.6 Å². The lowest BCUT2D eigenvalue weighted by atomic mass is 10.0. The number of hydrogen-bond acceptors (Lipinski definition) is 7. The molecular weight excluding hydrogens is 470 g/mol. The molecule has 0 bridgehead atoms. The molecule has 1 aliphatic carbocycles. The predicted octanol–water partition coefficient (Wildman–Crippen LogP) is 2.57. The minimum Gasteiger partial charge on any atom is -0.364 e. The number of nitrogens with zero attached hydrogens (tertiary/aromatic N) is 5. The van der Waals surface area contributed by atoms with E-state index >= 15 is 0 Å². The highest BCUT2D eigenvalue weighted by atomic mass is 19.3. The third kappa shape index (κ3) is 5.26. The van der Waals surface area contributed by atoms with Crippen LogP contribution >= 0.6 is 0 Å². The number of benzene rings is 1. The van der Waals surface area contributed by atoms with Crippen LogP contribution in [0.1, 0.15) is 51.6 Å². The number of anilines is 3. The van der Waals surface area contributed by atoms with E-state index in [4.69, 9.17) is 5.73 Å². The number of halogens is 2. The second kappa shape index (κ2) is 9.17. The first-order chi connectivity index (χ1) is 17.2. The van der Waals surface area contributed by atoms with Crippen LogP contribution in [0.3, 0.4) is 0 Å². The molecule has 1 atom stereocenters. The molecule has 1 unspecified atom stereocenters. The van der Waals surface area contributed by atoms with Gasteiger partial charge in [0.2, 0.25) is 0 Å². The molecule has 4 N–H and O–H groups in total. The molecule has 2 aliphatic rings. The van der Waals surface area contributed by atoms with Crippen LogP contribution < -0.4 is 21.3 Å². The number of hydrogen-bond donors (Lipinski definition) is 3. The van der Waals surface area contributed by atoms with Gasteiger partial charge in [0.15, 0.2) is 11.5 Å². The summed E-state index contributed by atoms with van der Waals surface area (Å²) in [6.07, 6.45) is 6.20. The lowest BCUT2D eigenvalue weighted by molar-refractivity contribution is -0.0208. The van der Waals surface area contributed by atoms with Gasteiger partial charge >= 0.3 is 0 Å². The van der Waals surface area contributed by atoms with Gasteiger partial charge in [-0.15, -0.1) is 0 Å². The zero-order chi connectivity index (χ0) is 25.4. The quantitative estimate of drug-likeness (QED) is 0.458. The number of amides is 2. The maximum atomic E-state index is 14.7. The van der Waals surface area contributed by atoms with Crippen LogP contribution in [0.4, 0.5) is 26.1 Å². The summed E-state index contributed by atoms with van der Waals surface area (Å²) in [7, 11) is 1.72. The summed E-state index contributed by atoms with van der Waals surface area (Å²) in [5.74, 6) is -3.59. The minimum atomic E-state index is -3.08. The molecule has 188 valence electrons. The first-order valence-electron chi connectivity index (χ1n) is 11.6. The molecule has 3 aromatic rings. The summed E-state index contributed by atoms with van der Waals surface area (Å²) in [6.45, 7) is -0.509. The molecule has 2 aromatic heterocycles. The van der Waals surface area contributed by atoms with Crippen molar-refractivity contribution in [1.82, 2.24) is 25.1 Å². The maximum absolute atomic E-state index is 14.7. The molecule has 1 saturated carbocycles. The Morgan fingerprint density at radius 2 is 1.92 bits per heavy atom. The van der Waals surface area contributed by atoms with Crippen molar-refractivity contribution in [1.29, 1.82) is 0 Å². The topological polar surface area (TPSA) is 131 Å². The van der Waals surface area contributed by atoms with Crippen molar-refractivity contribution < 1.29 is 18.4 Å². The van der Waals surface area contributed by atoms with Gasteiger partial charge in [0.1, 0.15) is 5.82 Å². The molecule has 0 spiro atoms. The van der Waals surface area contributed by atoms with Crippen molar-refractivity contribution in [3.8, 4) is 0 Å². The van der Waals surface area contributed by atoms with Crippen LogP contribution in [0.25, 0.3) is 0 Å². The number of nitrogens with two attached hydrogens (primary N) is 1. The first-order valence-corrected chi connectivity index (χ1v) is 11.6. The number of aromatic nitrogens is 4. The van der Waals surface area contributed by atoms with Crippen molar-refractivity contribution >= 4 is 29.1 Å². The maximum Gasteiger partial charge on any atom is 0.271 e. The number of primary amides is 1. The highest BCUT2D eigenvalue weighted by Crippen LogP contribution is 2.40. The largest absolute Gasteiger partial charge is 0.364 e. The van der Waals surface area contributed by atoms with Crippen molar-refractivity contribution in [3.63, 3.8) is 0 Å². The molecule has 36 heavy (non-hydrogen) atoms. The number of carbonyl (C=O) groups is 2. The second-order valence-corrected chi connectivity index (χ2v) is 9.32. The zero-order valence-electron chi connectivity index (χ0n) is 19.6. The number of carbonyl (C=O) groups excluding carboxylic acids is 2. The Morgan fingerprint density at radius 3 is 2.56 bits per heavy atom. The van der Waals surface area contributed by atoms with Crippen LogP contribution in [-0.2, 0) is 7.05 Å². The standard InChI is InChI=1S/C24H26F2N8O2/c1-33-11-18(9-29-33)30-22-20(21(27)35)28-10-19(32-22)34-12-17(8-24(25,26)13-34)31-23(36)16-6-4-15(5-7-16)14-2-3-14/h4-7,9-11,14,17H,2-3,8,12-13H2,1H3,(H2,27,35)(H,30,32)(H,31,36). The third-order valence-corrected chi connectivity index (χ3v) is 6.25. The van der Waals surface area contributed by atoms with Gasteiger partial charge in [-0.2, -0.15) is 5.10 Å². The number of aryl methyl sites for hydroxylation is 1. The summed E-state index contributed by atoms with van der Waals surface area (Å²) in [5, 5.41) is 9.68. The second-order valence-electron chi connectivity index (χ2n) is 9.32. The summed E-state index contributed by atoms with van der Waals surface area (Å²) in [6, 6.07) is 6.47. The lowest BCUT2D eigenvalue weighted by Crippen LogP contribution is -2.55. The Bertz CT molecular complexity index is 1290. The Labute approximate surface area is 205 Å². The van der Waals surface area contributed by atoms with Gasteiger partial charge in [-0.1, -0.05) is 12.1 Å². The smallest absolute Gasteiger partial charge is 0.271 e. The van der Waals surface area contributed by atoms with Gasteiger partial charge in [0.25, 0.3) is 17.7 Å². The molecule has 0 radical (unpaired) electrons. The fraction of sp³-hybridized carbons (Fsp3) is 0.375. The monoisotopic (exact) mass is 496 g/mol. The highest BCUT2D eigenvalue weighted by Gasteiger charge is 2.41. The molecule has 3 heterocycles. The van der Waals surface area contributed by atoms with Crippen LogP contribution in [0, 0.1) is 0 Å². The van der Waals surface area contributed by atoms with E-state index in [2.05, 4.69) is 25.7 Å². The summed E-state index contributed by atoms with van der Waals surface area (Å²) in [4.78, 5) is 34.4. The summed E-state index contributed by atoms with van der Waals surface area (Å²) < 4.78 is 31.0. The van der Waals surface area contributed by atoms with Gasteiger partial charge < -0.3 is 21.3 Å². The molecule has 10 nitrogen and oxygen atoms in total. The van der Waals surface area contributed by atoms with E-state index in [1.54, 1.807) is 30.1 Å². The number of alkyl halides is 2. The number of nitrogens with one attached hydrogen (secondary N) is 2. The van der Waals surface area contributed by atoms with E-state index < -0.39 is 36.7 Å². The Hall–Kier alpha value is -4.09. The molecule has 2 amide bonds. The van der Waals surface area contributed by atoms with Crippen LogP contribution in [0.15, 0.2) is 42.9 Å². The van der Waals surface area contributed by atoms with Crippen molar-refractivity contribution in [3.05, 3.63) is 59.7 Å². The molecular formula is C24H26F2N8O2. The van der Waals surface area contributed by atoms with Gasteiger partial charge in [-0.05, 0) is 36.5 Å². The highest BCUT2D eigenvalue weighted by molar-refractivity contribution is 5.96. The predicted molar refractivity (Wildman–Crippen MR) is 128 cm³/mol. The van der Waals surface area contributed by atoms with Crippen molar-refractivity contribution in [2.24, 2.45) is 12.8 Å². The number of piperidine rings is 1. The van der Waals surface area contributed by atoms with E-state index in [1.807, 2.05) is 12.1 Å². The molecule has 5 rings (SSSR count). The van der Waals surface area contributed by atoms with Crippen LogP contribution in [0.2, 0.25) is 0 Å². The normalized spacial score (nSPS) is 19.1. The van der Waals surface area contributed by atoms with E-state index in [0.29, 0.717) is 17.2 Å². The van der Waals surface area contributed by atoms with Crippen LogP contribution in [0.5, 0.6) is 0 Å². The zero-order valence-corrected chi connectivity index (χ0v) is 19.6. The SMILES string of the molecule is Cn1cc(Nc2nc(N3CC(NC(=O)c4ccc(C5CC5)cc4)CC(F)(F)C3)cnc2C(N)=O)cn1. The Balaban J connectivity index is 1.34. The van der Waals surface area contributed by atoms with Crippen molar-refractivity contribution in [2.75, 3.05) is 23.3 Å². The molecule has 2 fully saturated rings. The fourth-order valence-corrected chi connectivity index (χ4v) is 4.38. The molecule has 1 aliphatic heterocycles. The Kier molecular flexibility index (Phi) is 6.02. The van der Waals surface area contributed by atoms with E-state index in [-0.39, 0.29) is 23.9 Å². The van der Waals surface area contributed by atoms with Gasteiger partial charge in [0.05, 0.1) is 30.7 Å². The Morgan fingerprint density at radius 1 is 1.17 bits per heavy atom.